The molecule has 1 rings (SSSR count). The third-order valence-corrected chi connectivity index (χ3v) is 4.02. The summed E-state index contributed by atoms with van der Waals surface area (Å²) in [6, 6.07) is 0.115. The first-order valence-electron chi connectivity index (χ1n) is 5.44. The maximum atomic E-state index is 10.1. The topological polar surface area (TPSA) is 46.2 Å². The van der Waals surface area contributed by atoms with E-state index in [1.54, 1.807) is 0 Å². The lowest BCUT2D eigenvalue weighted by molar-refractivity contribution is 0.0707. The second-order valence-electron chi connectivity index (χ2n) is 4.72. The first-order valence-corrected chi connectivity index (χ1v) is 5.44. The SMILES string of the molecule is CCC1C(C)C(C)C(C(C)N)C1O. The van der Waals surface area contributed by atoms with Gasteiger partial charge >= 0.3 is 0 Å². The molecule has 2 heteroatoms. The molecule has 0 spiro atoms. The monoisotopic (exact) mass is 185 g/mol. The maximum absolute atomic E-state index is 10.1. The molecular formula is C11H23NO. The second-order valence-corrected chi connectivity index (χ2v) is 4.72. The second kappa shape index (κ2) is 3.97. The molecule has 0 aromatic heterocycles. The quantitative estimate of drug-likeness (QED) is 0.686. The minimum Gasteiger partial charge on any atom is -0.392 e. The maximum Gasteiger partial charge on any atom is 0.0616 e. The van der Waals surface area contributed by atoms with Crippen LogP contribution in [0.25, 0.3) is 0 Å². The highest BCUT2D eigenvalue weighted by Crippen LogP contribution is 2.43. The number of rotatable bonds is 2. The van der Waals surface area contributed by atoms with Crippen LogP contribution in [0.2, 0.25) is 0 Å². The van der Waals surface area contributed by atoms with E-state index >= 15 is 0 Å². The molecule has 0 saturated heterocycles. The summed E-state index contributed by atoms with van der Waals surface area (Å²) in [5, 5.41) is 10.1. The van der Waals surface area contributed by atoms with Crippen molar-refractivity contribution in [2.45, 2.75) is 46.3 Å². The van der Waals surface area contributed by atoms with Gasteiger partial charge in [-0.05, 0) is 24.7 Å². The minimum absolute atomic E-state index is 0.115. The molecule has 13 heavy (non-hydrogen) atoms. The summed E-state index contributed by atoms with van der Waals surface area (Å²) in [7, 11) is 0. The molecule has 0 bridgehead atoms. The van der Waals surface area contributed by atoms with Gasteiger partial charge < -0.3 is 10.8 Å². The summed E-state index contributed by atoms with van der Waals surface area (Å²) in [6.45, 7) is 8.62. The van der Waals surface area contributed by atoms with Crippen molar-refractivity contribution in [3.05, 3.63) is 0 Å². The van der Waals surface area contributed by atoms with E-state index in [2.05, 4.69) is 20.8 Å². The number of hydrogen-bond acceptors (Lipinski definition) is 2. The van der Waals surface area contributed by atoms with Crippen molar-refractivity contribution in [1.29, 1.82) is 0 Å². The summed E-state index contributed by atoms with van der Waals surface area (Å²) < 4.78 is 0. The molecule has 1 saturated carbocycles. The smallest absolute Gasteiger partial charge is 0.0616 e. The highest BCUT2D eigenvalue weighted by atomic mass is 16.3. The zero-order valence-corrected chi connectivity index (χ0v) is 9.20. The van der Waals surface area contributed by atoms with Crippen LogP contribution in [-0.4, -0.2) is 17.3 Å². The van der Waals surface area contributed by atoms with Crippen molar-refractivity contribution in [2.24, 2.45) is 29.4 Å². The van der Waals surface area contributed by atoms with Gasteiger partial charge in [-0.2, -0.15) is 0 Å². The van der Waals surface area contributed by atoms with Gasteiger partial charge in [0, 0.05) is 12.0 Å². The molecule has 2 nitrogen and oxygen atoms in total. The van der Waals surface area contributed by atoms with Crippen molar-refractivity contribution in [3.63, 3.8) is 0 Å². The summed E-state index contributed by atoms with van der Waals surface area (Å²) in [4.78, 5) is 0. The Morgan fingerprint density at radius 2 is 1.85 bits per heavy atom. The fourth-order valence-electron chi connectivity index (χ4n) is 3.05. The summed E-state index contributed by atoms with van der Waals surface area (Å²) in [5.41, 5.74) is 5.90. The minimum atomic E-state index is -0.185. The molecule has 0 aromatic carbocycles. The van der Waals surface area contributed by atoms with E-state index in [-0.39, 0.29) is 12.1 Å². The fraction of sp³-hybridized carbons (Fsp3) is 1.00. The normalized spacial score (nSPS) is 48.0. The molecule has 0 aliphatic heterocycles. The van der Waals surface area contributed by atoms with E-state index in [4.69, 9.17) is 5.73 Å². The number of aliphatic hydroxyl groups excluding tert-OH is 1. The molecule has 1 aliphatic rings. The summed E-state index contributed by atoms with van der Waals surface area (Å²) >= 11 is 0. The van der Waals surface area contributed by atoms with Crippen LogP contribution in [0, 0.1) is 23.7 Å². The summed E-state index contributed by atoms with van der Waals surface area (Å²) in [5.74, 6) is 1.90. The fourth-order valence-corrected chi connectivity index (χ4v) is 3.05. The average molecular weight is 185 g/mol. The largest absolute Gasteiger partial charge is 0.392 e. The van der Waals surface area contributed by atoms with Gasteiger partial charge in [0.2, 0.25) is 0 Å². The Morgan fingerprint density at radius 1 is 1.31 bits per heavy atom. The first-order chi connectivity index (χ1) is 6.00. The van der Waals surface area contributed by atoms with Crippen LogP contribution in [-0.2, 0) is 0 Å². The lowest BCUT2D eigenvalue weighted by Crippen LogP contribution is -2.36. The van der Waals surface area contributed by atoms with Crippen LogP contribution < -0.4 is 5.73 Å². The molecule has 0 aromatic rings. The average Bonchev–Trinajstić information content (AvgIpc) is 2.24. The Balaban J connectivity index is 2.78. The van der Waals surface area contributed by atoms with Crippen LogP contribution in [0.4, 0.5) is 0 Å². The number of nitrogens with two attached hydrogens (primary N) is 1. The van der Waals surface area contributed by atoms with Crippen LogP contribution >= 0.6 is 0 Å². The molecule has 6 atom stereocenters. The molecule has 1 aliphatic carbocycles. The Labute approximate surface area is 81.5 Å². The number of hydrogen-bond donors (Lipinski definition) is 2. The molecule has 78 valence electrons. The number of aliphatic hydroxyl groups is 1. The predicted molar refractivity (Wildman–Crippen MR) is 55.3 cm³/mol. The van der Waals surface area contributed by atoms with Crippen molar-refractivity contribution >= 4 is 0 Å². The van der Waals surface area contributed by atoms with Gasteiger partial charge in [0.15, 0.2) is 0 Å². The van der Waals surface area contributed by atoms with Gasteiger partial charge in [-0.15, -0.1) is 0 Å². The third-order valence-electron chi connectivity index (χ3n) is 4.02. The van der Waals surface area contributed by atoms with E-state index in [0.29, 0.717) is 23.7 Å². The van der Waals surface area contributed by atoms with Gasteiger partial charge in [0.05, 0.1) is 6.10 Å². The standard InChI is InChI=1S/C11H23NO/c1-5-9-6(2)7(3)10(8(4)12)11(9)13/h6-11,13H,5,12H2,1-4H3. The van der Waals surface area contributed by atoms with Crippen LogP contribution in [0.1, 0.15) is 34.1 Å². The molecule has 0 amide bonds. The van der Waals surface area contributed by atoms with Crippen molar-refractivity contribution in [3.8, 4) is 0 Å². The van der Waals surface area contributed by atoms with Crippen molar-refractivity contribution in [2.75, 3.05) is 0 Å². The highest BCUT2D eigenvalue weighted by molar-refractivity contribution is 4.96. The zero-order chi connectivity index (χ0) is 10.2. The van der Waals surface area contributed by atoms with Crippen LogP contribution in [0.5, 0.6) is 0 Å². The van der Waals surface area contributed by atoms with E-state index in [1.807, 2.05) is 6.92 Å². The van der Waals surface area contributed by atoms with Crippen LogP contribution in [0.3, 0.4) is 0 Å². The Hall–Kier alpha value is -0.0800. The highest BCUT2D eigenvalue weighted by Gasteiger charge is 2.45. The lowest BCUT2D eigenvalue weighted by atomic mass is 9.87. The zero-order valence-electron chi connectivity index (χ0n) is 9.20. The predicted octanol–water partition coefficient (Wildman–Crippen LogP) is 1.62. The molecule has 0 radical (unpaired) electrons. The first kappa shape index (κ1) is 11.0. The molecular weight excluding hydrogens is 162 g/mol. The van der Waals surface area contributed by atoms with E-state index in [0.717, 1.165) is 6.42 Å². The summed E-state index contributed by atoms with van der Waals surface area (Å²) in [6.07, 6.45) is 0.880. The van der Waals surface area contributed by atoms with E-state index < -0.39 is 0 Å². The van der Waals surface area contributed by atoms with Crippen molar-refractivity contribution in [1.82, 2.24) is 0 Å². The molecule has 6 unspecified atom stereocenters. The third kappa shape index (κ3) is 1.75. The van der Waals surface area contributed by atoms with Gasteiger partial charge in [-0.1, -0.05) is 27.2 Å². The van der Waals surface area contributed by atoms with Gasteiger partial charge in [-0.3, -0.25) is 0 Å². The van der Waals surface area contributed by atoms with E-state index in [9.17, 15) is 5.11 Å². The lowest BCUT2D eigenvalue weighted by Gasteiger charge is -2.24. The van der Waals surface area contributed by atoms with Crippen molar-refractivity contribution < 1.29 is 5.11 Å². The van der Waals surface area contributed by atoms with Gasteiger partial charge in [0.1, 0.15) is 0 Å². The Kier molecular flexibility index (Phi) is 3.36. The van der Waals surface area contributed by atoms with Crippen LogP contribution in [0.15, 0.2) is 0 Å². The Morgan fingerprint density at radius 3 is 2.08 bits per heavy atom. The van der Waals surface area contributed by atoms with Gasteiger partial charge in [0.25, 0.3) is 0 Å². The molecule has 3 N–H and O–H groups in total. The molecule has 0 heterocycles. The van der Waals surface area contributed by atoms with Gasteiger partial charge in [-0.25, -0.2) is 0 Å². The molecule has 1 fully saturated rings. The van der Waals surface area contributed by atoms with E-state index in [1.165, 1.54) is 0 Å². The Bertz CT molecular complexity index is 169.